The Balaban J connectivity index is 1.87. The van der Waals surface area contributed by atoms with Crippen LogP contribution in [0.25, 0.3) is 0 Å². The summed E-state index contributed by atoms with van der Waals surface area (Å²) in [6.45, 7) is -0.153. The van der Waals surface area contributed by atoms with Gasteiger partial charge in [-0.05, 0) is 41.5 Å². The lowest BCUT2D eigenvalue weighted by molar-refractivity contribution is -0.256. The van der Waals surface area contributed by atoms with Crippen LogP contribution in [0, 0.1) is 0 Å². The number of rotatable bonds is 4. The van der Waals surface area contributed by atoms with E-state index >= 15 is 0 Å². The number of esters is 1. The fourth-order valence-corrected chi connectivity index (χ4v) is 2.34. The molecule has 1 heterocycles. The average molecular weight is 330 g/mol. The highest BCUT2D eigenvalue weighted by Crippen LogP contribution is 2.28. The number of benzene rings is 2. The first kappa shape index (κ1) is 16.0. The second kappa shape index (κ2) is 6.69. The van der Waals surface area contributed by atoms with Crippen molar-refractivity contribution in [3.8, 4) is 11.5 Å². The minimum atomic E-state index is -0.584. The lowest BCUT2D eigenvalue weighted by Crippen LogP contribution is -2.15. The van der Waals surface area contributed by atoms with Gasteiger partial charge in [-0.1, -0.05) is 6.07 Å². The lowest BCUT2D eigenvalue weighted by atomic mass is 10.1. The zero-order valence-corrected chi connectivity index (χ0v) is 12.8. The summed E-state index contributed by atoms with van der Waals surface area (Å²) < 4.78 is 10.3. The quantitative estimate of drug-likeness (QED) is 0.679. The number of carbonyl (C=O) groups is 2. The molecule has 7 nitrogen and oxygen atoms in total. The second-order valence-electron chi connectivity index (χ2n) is 5.02. The van der Waals surface area contributed by atoms with Crippen LogP contribution in [0.2, 0.25) is 0 Å². The van der Waals surface area contributed by atoms with Crippen LogP contribution in [-0.2, 0) is 27.7 Å². The standard InChI is InChI=1S/C17H14O7/c1-21-16(19)14-5-4-12(6-11(14)8-18)23-13-3-2-10-9-22-24-17(20)15(10)7-13/h2-7,18H,8-9H2,1H3. The highest BCUT2D eigenvalue weighted by molar-refractivity contribution is 5.92. The van der Waals surface area contributed by atoms with Gasteiger partial charge in [0.2, 0.25) is 0 Å². The number of fused-ring (bicyclic) bond motifs is 1. The minimum absolute atomic E-state index is 0.184. The summed E-state index contributed by atoms with van der Waals surface area (Å²) in [7, 11) is 1.27. The minimum Gasteiger partial charge on any atom is -0.465 e. The molecule has 1 aliphatic rings. The smallest absolute Gasteiger partial charge is 0.373 e. The van der Waals surface area contributed by atoms with Crippen molar-refractivity contribution < 1.29 is 33.9 Å². The van der Waals surface area contributed by atoms with Crippen LogP contribution in [0.5, 0.6) is 11.5 Å². The first-order valence-corrected chi connectivity index (χ1v) is 7.09. The van der Waals surface area contributed by atoms with Gasteiger partial charge in [-0.3, -0.25) is 4.89 Å². The van der Waals surface area contributed by atoms with E-state index in [9.17, 15) is 14.7 Å². The maximum absolute atomic E-state index is 11.7. The first-order valence-electron chi connectivity index (χ1n) is 7.09. The van der Waals surface area contributed by atoms with Crippen molar-refractivity contribution in [1.29, 1.82) is 0 Å². The van der Waals surface area contributed by atoms with Crippen molar-refractivity contribution >= 4 is 11.9 Å². The van der Waals surface area contributed by atoms with Crippen molar-refractivity contribution in [2.75, 3.05) is 7.11 Å². The van der Waals surface area contributed by atoms with Crippen LogP contribution in [-0.4, -0.2) is 24.2 Å². The van der Waals surface area contributed by atoms with Gasteiger partial charge in [-0.15, -0.1) is 0 Å². The molecule has 0 aromatic heterocycles. The molecule has 1 N–H and O–H groups in total. The third-order valence-corrected chi connectivity index (χ3v) is 3.54. The summed E-state index contributed by atoms with van der Waals surface area (Å²) in [4.78, 5) is 32.5. The first-order chi connectivity index (χ1) is 11.6. The Hall–Kier alpha value is -2.90. The average Bonchev–Trinajstić information content (AvgIpc) is 2.61. The summed E-state index contributed by atoms with van der Waals surface area (Å²) in [6.07, 6.45) is 0. The van der Waals surface area contributed by atoms with Gasteiger partial charge in [0, 0.05) is 0 Å². The Morgan fingerprint density at radius 2 is 1.96 bits per heavy atom. The van der Waals surface area contributed by atoms with Gasteiger partial charge in [0.1, 0.15) is 18.1 Å². The Labute approximate surface area is 137 Å². The molecule has 24 heavy (non-hydrogen) atoms. The molecule has 2 aromatic rings. The molecule has 2 aromatic carbocycles. The highest BCUT2D eigenvalue weighted by Gasteiger charge is 2.21. The molecule has 0 unspecified atom stereocenters. The summed E-state index contributed by atoms with van der Waals surface area (Å²) in [5, 5.41) is 9.41. The van der Waals surface area contributed by atoms with Gasteiger partial charge in [0.15, 0.2) is 0 Å². The van der Waals surface area contributed by atoms with E-state index in [2.05, 4.69) is 14.5 Å². The summed E-state index contributed by atoms with van der Waals surface area (Å²) in [6, 6.07) is 9.56. The van der Waals surface area contributed by atoms with E-state index in [1.165, 1.54) is 19.2 Å². The molecule has 3 rings (SSSR count). The Bertz CT molecular complexity index is 798. The molecular weight excluding hydrogens is 316 g/mol. The fourth-order valence-electron chi connectivity index (χ4n) is 2.34. The number of aliphatic hydroxyl groups excluding tert-OH is 1. The van der Waals surface area contributed by atoms with Crippen molar-refractivity contribution in [2.45, 2.75) is 13.2 Å². The van der Waals surface area contributed by atoms with E-state index in [-0.39, 0.29) is 18.8 Å². The van der Waals surface area contributed by atoms with Crippen molar-refractivity contribution in [3.05, 3.63) is 58.7 Å². The number of hydrogen-bond donors (Lipinski definition) is 1. The fraction of sp³-hybridized carbons (Fsp3) is 0.176. The third-order valence-electron chi connectivity index (χ3n) is 3.54. The van der Waals surface area contributed by atoms with Gasteiger partial charge in [0.25, 0.3) is 0 Å². The monoisotopic (exact) mass is 330 g/mol. The Morgan fingerprint density at radius 3 is 2.71 bits per heavy atom. The maximum atomic E-state index is 11.7. The number of aliphatic hydroxyl groups is 1. The molecule has 0 fully saturated rings. The van der Waals surface area contributed by atoms with Crippen molar-refractivity contribution in [3.63, 3.8) is 0 Å². The van der Waals surface area contributed by atoms with E-state index in [1.807, 2.05) is 0 Å². The van der Waals surface area contributed by atoms with E-state index < -0.39 is 11.9 Å². The van der Waals surface area contributed by atoms with Crippen LogP contribution in [0.1, 0.15) is 31.8 Å². The Morgan fingerprint density at radius 1 is 1.21 bits per heavy atom. The summed E-state index contributed by atoms with van der Waals surface area (Å²) in [5.41, 5.74) is 1.71. The molecule has 124 valence electrons. The second-order valence-corrected chi connectivity index (χ2v) is 5.02. The largest absolute Gasteiger partial charge is 0.465 e. The molecule has 0 bridgehead atoms. The molecule has 1 aliphatic heterocycles. The van der Waals surface area contributed by atoms with Gasteiger partial charge in [-0.2, -0.15) is 4.89 Å². The molecule has 0 saturated heterocycles. The molecule has 0 aliphatic carbocycles. The lowest BCUT2D eigenvalue weighted by Gasteiger charge is -2.15. The predicted molar refractivity (Wildman–Crippen MR) is 80.4 cm³/mol. The maximum Gasteiger partial charge on any atom is 0.373 e. The zero-order chi connectivity index (χ0) is 17.1. The van der Waals surface area contributed by atoms with Crippen LogP contribution >= 0.6 is 0 Å². The van der Waals surface area contributed by atoms with Gasteiger partial charge >= 0.3 is 11.9 Å². The molecule has 0 spiro atoms. The highest BCUT2D eigenvalue weighted by atomic mass is 17.2. The molecule has 0 radical (unpaired) electrons. The molecule has 7 heteroatoms. The van der Waals surface area contributed by atoms with E-state index in [0.29, 0.717) is 28.2 Å². The normalized spacial score (nSPS) is 13.0. The number of methoxy groups -OCH3 is 1. The molecular formula is C17H14O7. The predicted octanol–water partition coefficient (Wildman–Crippen LogP) is 2.36. The van der Waals surface area contributed by atoms with Gasteiger partial charge < -0.3 is 14.6 Å². The third kappa shape index (κ3) is 3.08. The SMILES string of the molecule is COC(=O)c1ccc(Oc2ccc3c(c2)C(=O)OOC3)cc1CO. The van der Waals surface area contributed by atoms with Crippen LogP contribution in [0.15, 0.2) is 36.4 Å². The number of carbonyl (C=O) groups excluding carboxylic acids is 2. The summed E-state index contributed by atoms with van der Waals surface area (Å²) in [5.74, 6) is -0.296. The summed E-state index contributed by atoms with van der Waals surface area (Å²) >= 11 is 0. The number of hydrogen-bond acceptors (Lipinski definition) is 7. The zero-order valence-electron chi connectivity index (χ0n) is 12.8. The topological polar surface area (TPSA) is 91.3 Å². The van der Waals surface area contributed by atoms with Crippen molar-refractivity contribution in [1.82, 2.24) is 0 Å². The Kier molecular flexibility index (Phi) is 4.45. The molecule has 0 saturated carbocycles. The van der Waals surface area contributed by atoms with Gasteiger partial charge in [-0.25, -0.2) is 9.59 Å². The van der Waals surface area contributed by atoms with Crippen LogP contribution in [0.4, 0.5) is 0 Å². The van der Waals surface area contributed by atoms with E-state index in [1.54, 1.807) is 24.3 Å². The van der Waals surface area contributed by atoms with E-state index in [0.717, 1.165) is 0 Å². The van der Waals surface area contributed by atoms with Gasteiger partial charge in [0.05, 0.1) is 24.8 Å². The molecule has 0 amide bonds. The van der Waals surface area contributed by atoms with Crippen molar-refractivity contribution in [2.24, 2.45) is 0 Å². The van der Waals surface area contributed by atoms with E-state index in [4.69, 9.17) is 4.74 Å². The molecule has 0 atom stereocenters. The van der Waals surface area contributed by atoms with Crippen LogP contribution in [0.3, 0.4) is 0 Å². The number of ether oxygens (including phenoxy) is 2. The van der Waals surface area contributed by atoms with Crippen LogP contribution < -0.4 is 4.74 Å².